The Morgan fingerprint density at radius 2 is 0.641 bits per heavy atom. The topological polar surface area (TPSA) is 95.9 Å². The minimum absolute atomic E-state index is 0.0137. The summed E-state index contributed by atoms with van der Waals surface area (Å²) < 4.78 is 5.50. The van der Waals surface area contributed by atoms with Crippen molar-refractivity contribution >= 4 is 11.9 Å². The third kappa shape index (κ3) is 63.3. The number of esters is 1. The number of amides is 1. The first-order valence-electron chi connectivity index (χ1n) is 35.2. The van der Waals surface area contributed by atoms with Gasteiger partial charge in [-0.3, -0.25) is 9.59 Å². The number of hydrogen-bond acceptors (Lipinski definition) is 5. The van der Waals surface area contributed by atoms with Gasteiger partial charge in [0.15, 0.2) is 0 Å². The predicted octanol–water partition coefficient (Wildman–Crippen LogP) is 22.7. The summed E-state index contributed by atoms with van der Waals surface area (Å²) in [5.41, 5.74) is 0. The molecule has 0 aromatic rings. The Labute approximate surface area is 487 Å². The largest absolute Gasteiger partial charge is 0.466 e. The SMILES string of the molecule is CCCCCCCC/C=C\CCCCCCCCCC(=O)OCCCCCCCCCCCCC/C=C\C/C=C\CCCCCCCCCCCCCCCCCCCC(=O)NC(CO)C(O)CCCCCCCCCCC. The van der Waals surface area contributed by atoms with Crippen LogP contribution in [0, 0.1) is 0 Å². The fraction of sp³-hybridized carbons (Fsp3) is 0.889. The van der Waals surface area contributed by atoms with E-state index in [2.05, 4.69) is 55.6 Å². The molecule has 0 aliphatic heterocycles. The molecule has 6 heteroatoms. The summed E-state index contributed by atoms with van der Waals surface area (Å²) in [4.78, 5) is 24.5. The first-order chi connectivity index (χ1) is 38.5. The summed E-state index contributed by atoms with van der Waals surface area (Å²) in [7, 11) is 0. The third-order valence-corrected chi connectivity index (χ3v) is 16.4. The van der Waals surface area contributed by atoms with Crippen LogP contribution in [-0.2, 0) is 14.3 Å². The van der Waals surface area contributed by atoms with E-state index >= 15 is 0 Å². The molecule has 0 aromatic carbocycles. The molecule has 0 saturated carbocycles. The van der Waals surface area contributed by atoms with Crippen molar-refractivity contribution in [1.29, 1.82) is 0 Å². The third-order valence-electron chi connectivity index (χ3n) is 16.4. The summed E-state index contributed by atoms with van der Waals surface area (Å²) >= 11 is 0. The Morgan fingerprint density at radius 3 is 0.987 bits per heavy atom. The molecule has 0 rings (SSSR count). The molecule has 0 fully saturated rings. The molecule has 0 radical (unpaired) electrons. The van der Waals surface area contributed by atoms with Crippen molar-refractivity contribution in [3.05, 3.63) is 36.5 Å². The van der Waals surface area contributed by atoms with Crippen molar-refractivity contribution in [2.45, 2.75) is 398 Å². The van der Waals surface area contributed by atoms with Crippen LogP contribution in [0.15, 0.2) is 36.5 Å². The maximum absolute atomic E-state index is 12.4. The number of aliphatic hydroxyl groups excluding tert-OH is 2. The lowest BCUT2D eigenvalue weighted by Crippen LogP contribution is -2.45. The molecular weight excluding hydrogens is 959 g/mol. The van der Waals surface area contributed by atoms with Gasteiger partial charge < -0.3 is 20.3 Å². The van der Waals surface area contributed by atoms with Crippen molar-refractivity contribution in [2.24, 2.45) is 0 Å². The van der Waals surface area contributed by atoms with Gasteiger partial charge in [0.2, 0.25) is 5.91 Å². The highest BCUT2D eigenvalue weighted by molar-refractivity contribution is 5.76. The van der Waals surface area contributed by atoms with E-state index in [0.717, 1.165) is 51.4 Å². The van der Waals surface area contributed by atoms with Gasteiger partial charge in [-0.05, 0) is 83.5 Å². The number of allylic oxidation sites excluding steroid dienone is 6. The zero-order chi connectivity index (χ0) is 56.4. The minimum Gasteiger partial charge on any atom is -0.466 e. The van der Waals surface area contributed by atoms with E-state index in [-0.39, 0.29) is 18.5 Å². The second-order valence-electron chi connectivity index (χ2n) is 24.2. The van der Waals surface area contributed by atoms with E-state index in [1.165, 1.54) is 302 Å². The Bertz CT molecular complexity index is 1260. The first kappa shape index (κ1) is 76.1. The summed E-state index contributed by atoms with van der Waals surface area (Å²) in [6, 6.07) is -0.537. The summed E-state index contributed by atoms with van der Waals surface area (Å²) in [6.45, 7) is 4.95. The number of nitrogens with one attached hydrogen (secondary N) is 1. The average molecular weight is 1100 g/mol. The summed E-state index contributed by atoms with van der Waals surface area (Å²) in [6.07, 6.45) is 86.4. The molecule has 2 unspecified atom stereocenters. The predicted molar refractivity (Wildman–Crippen MR) is 343 cm³/mol. The van der Waals surface area contributed by atoms with Crippen LogP contribution in [0.5, 0.6) is 0 Å². The van der Waals surface area contributed by atoms with Crippen LogP contribution in [0.4, 0.5) is 0 Å². The Kier molecular flexibility index (Phi) is 65.9. The van der Waals surface area contributed by atoms with Gasteiger partial charge in [-0.25, -0.2) is 0 Å². The molecule has 0 spiro atoms. The Balaban J connectivity index is 3.34. The van der Waals surface area contributed by atoms with Gasteiger partial charge >= 0.3 is 5.97 Å². The molecule has 0 heterocycles. The molecule has 6 nitrogen and oxygen atoms in total. The van der Waals surface area contributed by atoms with E-state index in [1.54, 1.807) is 0 Å². The molecule has 3 N–H and O–H groups in total. The van der Waals surface area contributed by atoms with Crippen molar-refractivity contribution in [2.75, 3.05) is 13.2 Å². The van der Waals surface area contributed by atoms with Gasteiger partial charge in [0.25, 0.3) is 0 Å². The summed E-state index contributed by atoms with van der Waals surface area (Å²) in [5, 5.41) is 23.1. The zero-order valence-corrected chi connectivity index (χ0v) is 52.7. The van der Waals surface area contributed by atoms with Crippen LogP contribution >= 0.6 is 0 Å². The monoisotopic (exact) mass is 1100 g/mol. The minimum atomic E-state index is -0.660. The van der Waals surface area contributed by atoms with Crippen LogP contribution in [0.2, 0.25) is 0 Å². The fourth-order valence-corrected chi connectivity index (χ4v) is 11.0. The van der Waals surface area contributed by atoms with Crippen LogP contribution < -0.4 is 5.32 Å². The normalized spacial score (nSPS) is 12.7. The van der Waals surface area contributed by atoms with E-state index < -0.39 is 12.1 Å². The average Bonchev–Trinajstić information content (AvgIpc) is 3.44. The highest BCUT2D eigenvalue weighted by Gasteiger charge is 2.20. The number of carbonyl (C=O) groups is 2. The fourth-order valence-electron chi connectivity index (χ4n) is 11.0. The summed E-state index contributed by atoms with van der Waals surface area (Å²) in [5.74, 6) is -0.0200. The van der Waals surface area contributed by atoms with Gasteiger partial charge in [0.1, 0.15) is 0 Å². The molecule has 0 aliphatic rings. The maximum Gasteiger partial charge on any atom is 0.305 e. The molecular formula is C72H137NO5. The first-order valence-corrected chi connectivity index (χ1v) is 35.2. The molecule has 1 amide bonds. The maximum atomic E-state index is 12.4. The van der Waals surface area contributed by atoms with Gasteiger partial charge in [0, 0.05) is 12.8 Å². The van der Waals surface area contributed by atoms with E-state index in [1.807, 2.05) is 0 Å². The zero-order valence-electron chi connectivity index (χ0n) is 52.7. The van der Waals surface area contributed by atoms with Crippen LogP contribution in [-0.4, -0.2) is 47.4 Å². The van der Waals surface area contributed by atoms with Gasteiger partial charge in [-0.1, -0.05) is 326 Å². The highest BCUT2D eigenvalue weighted by Crippen LogP contribution is 2.18. The number of ether oxygens (including phenoxy) is 1. The number of hydrogen-bond donors (Lipinski definition) is 3. The van der Waals surface area contributed by atoms with Crippen molar-refractivity contribution in [1.82, 2.24) is 5.32 Å². The van der Waals surface area contributed by atoms with Crippen LogP contribution in [0.1, 0.15) is 386 Å². The number of carbonyl (C=O) groups excluding carboxylic acids is 2. The molecule has 0 bridgehead atoms. The second kappa shape index (κ2) is 67.6. The van der Waals surface area contributed by atoms with Gasteiger partial charge in [-0.15, -0.1) is 0 Å². The standard InChI is InChI=1S/C72H137NO5/c1-3-5-7-9-11-13-14-15-16-36-40-43-46-50-54-58-62-66-72(77)78-67-63-59-55-51-47-44-41-38-35-33-31-29-27-25-23-21-19-17-18-20-22-24-26-28-30-32-34-37-39-42-45-49-53-57-61-65-71(76)73-69(68-74)70(75)64-60-56-52-48-12-10-8-6-4-2/h15-16,19,21,25,27,69-70,74-75H,3-14,17-18,20,22-24,26,28-68H2,1-2H3,(H,73,76)/b16-15-,21-19-,27-25-. The van der Waals surface area contributed by atoms with E-state index in [9.17, 15) is 19.8 Å². The lowest BCUT2D eigenvalue weighted by molar-refractivity contribution is -0.143. The second-order valence-corrected chi connectivity index (χ2v) is 24.2. The number of unbranched alkanes of at least 4 members (excludes halogenated alkanes) is 49. The lowest BCUT2D eigenvalue weighted by atomic mass is 10.0. The molecule has 2 atom stereocenters. The Hall–Kier alpha value is -1.92. The Morgan fingerprint density at radius 1 is 0.359 bits per heavy atom. The van der Waals surface area contributed by atoms with Crippen molar-refractivity contribution in [3.63, 3.8) is 0 Å². The number of rotatable bonds is 66. The van der Waals surface area contributed by atoms with Crippen molar-refractivity contribution in [3.8, 4) is 0 Å². The molecule has 78 heavy (non-hydrogen) atoms. The van der Waals surface area contributed by atoms with Crippen molar-refractivity contribution < 1.29 is 24.5 Å². The van der Waals surface area contributed by atoms with Crippen LogP contribution in [0.3, 0.4) is 0 Å². The highest BCUT2D eigenvalue weighted by atomic mass is 16.5. The molecule has 460 valence electrons. The molecule has 0 saturated heterocycles. The van der Waals surface area contributed by atoms with Gasteiger partial charge in [0.05, 0.1) is 25.4 Å². The smallest absolute Gasteiger partial charge is 0.305 e. The molecule has 0 aliphatic carbocycles. The van der Waals surface area contributed by atoms with Gasteiger partial charge in [-0.2, -0.15) is 0 Å². The lowest BCUT2D eigenvalue weighted by Gasteiger charge is -2.22. The van der Waals surface area contributed by atoms with Crippen LogP contribution in [0.25, 0.3) is 0 Å². The quantitative estimate of drug-likeness (QED) is 0.0320. The van der Waals surface area contributed by atoms with E-state index in [4.69, 9.17) is 4.74 Å². The number of aliphatic hydroxyl groups is 2. The molecule has 0 aromatic heterocycles. The van der Waals surface area contributed by atoms with E-state index in [0.29, 0.717) is 25.9 Å².